The Morgan fingerprint density at radius 3 is 2.68 bits per heavy atom. The molecule has 1 aromatic carbocycles. The van der Waals surface area contributed by atoms with Crippen LogP contribution in [-0.4, -0.2) is 71.3 Å². The number of rotatable bonds is 12. The Labute approximate surface area is 239 Å². The second-order valence-corrected chi connectivity index (χ2v) is 11.8. The first-order chi connectivity index (χ1) is 18.1. The van der Waals surface area contributed by atoms with Crippen molar-refractivity contribution in [3.63, 3.8) is 0 Å². The van der Waals surface area contributed by atoms with Gasteiger partial charge in [-0.05, 0) is 56.8 Å². The molecule has 38 heavy (non-hydrogen) atoms. The Hall–Kier alpha value is -2.20. The molecule has 0 radical (unpaired) electrons. The summed E-state index contributed by atoms with van der Waals surface area (Å²) in [6, 6.07) is 5.28. The average molecular weight is 583 g/mol. The molecule has 1 saturated heterocycles. The van der Waals surface area contributed by atoms with Crippen molar-refractivity contribution in [2.45, 2.75) is 58.9 Å². The molecule has 2 N–H and O–H groups in total. The van der Waals surface area contributed by atoms with Gasteiger partial charge in [-0.2, -0.15) is 0 Å². The molecular weight excluding hydrogens is 545 g/mol. The van der Waals surface area contributed by atoms with Crippen LogP contribution in [0.2, 0.25) is 10.0 Å². The number of carbonyl (C=O) groups excluding carboxylic acids is 3. The first-order valence-corrected chi connectivity index (χ1v) is 14.7. The number of nitrogens with one attached hydrogen (secondary N) is 2. The van der Waals surface area contributed by atoms with E-state index in [9.17, 15) is 14.4 Å². The standard InChI is InChI=1S/C27H37Cl2N5O3S/c1-18(2)15-34(26(37)20-8-9-22(28)23(29)13-20)16-25(36)32-27-31-21(17-38-27)14-24(35)30-10-6-12-33-11-5-4-7-19(33)3/h8-9,13,17-19H,4-7,10-12,14-16H2,1-3H3,(H,30,35)(H,31,32,36). The van der Waals surface area contributed by atoms with Crippen molar-refractivity contribution in [2.24, 2.45) is 5.92 Å². The van der Waals surface area contributed by atoms with Crippen LogP contribution < -0.4 is 10.6 Å². The number of carbonyl (C=O) groups is 3. The molecule has 0 aliphatic carbocycles. The quantitative estimate of drug-likeness (QED) is 0.340. The van der Waals surface area contributed by atoms with Gasteiger partial charge < -0.3 is 20.4 Å². The molecule has 0 spiro atoms. The van der Waals surface area contributed by atoms with Gasteiger partial charge in [0.2, 0.25) is 11.8 Å². The Balaban J connectivity index is 1.46. The predicted octanol–water partition coefficient (Wildman–Crippen LogP) is 5.11. The second kappa shape index (κ2) is 14.8. The topological polar surface area (TPSA) is 94.6 Å². The number of piperidine rings is 1. The fourth-order valence-electron chi connectivity index (χ4n) is 4.48. The summed E-state index contributed by atoms with van der Waals surface area (Å²) in [5.74, 6) is -0.604. The van der Waals surface area contributed by atoms with Crippen molar-refractivity contribution in [3.8, 4) is 0 Å². The number of hydrogen-bond donors (Lipinski definition) is 2. The van der Waals surface area contributed by atoms with E-state index in [-0.39, 0.29) is 41.6 Å². The molecule has 8 nitrogen and oxygen atoms in total. The Morgan fingerprint density at radius 1 is 1.18 bits per heavy atom. The van der Waals surface area contributed by atoms with Crippen molar-refractivity contribution >= 4 is 57.4 Å². The largest absolute Gasteiger partial charge is 0.356 e. The van der Waals surface area contributed by atoms with Crippen LogP contribution in [-0.2, 0) is 16.0 Å². The summed E-state index contributed by atoms with van der Waals surface area (Å²) < 4.78 is 0. The zero-order valence-corrected chi connectivity index (χ0v) is 24.6. The number of likely N-dealkylation sites (tertiary alicyclic amines) is 1. The lowest BCUT2D eigenvalue weighted by atomic mass is 10.0. The van der Waals surface area contributed by atoms with Crippen LogP contribution in [0.15, 0.2) is 23.6 Å². The zero-order valence-electron chi connectivity index (χ0n) is 22.3. The van der Waals surface area contributed by atoms with Crippen LogP contribution in [0.5, 0.6) is 0 Å². The van der Waals surface area contributed by atoms with Crippen molar-refractivity contribution in [3.05, 3.63) is 44.9 Å². The van der Waals surface area contributed by atoms with Crippen LogP contribution >= 0.6 is 34.5 Å². The molecule has 2 aromatic rings. The van der Waals surface area contributed by atoms with Gasteiger partial charge in [0.05, 0.1) is 22.2 Å². The van der Waals surface area contributed by atoms with Gasteiger partial charge in [-0.1, -0.05) is 43.5 Å². The highest BCUT2D eigenvalue weighted by atomic mass is 35.5. The summed E-state index contributed by atoms with van der Waals surface area (Å²) in [6.45, 7) is 9.24. The lowest BCUT2D eigenvalue weighted by Gasteiger charge is -2.33. The van der Waals surface area contributed by atoms with Gasteiger partial charge in [0, 0.05) is 36.6 Å². The van der Waals surface area contributed by atoms with E-state index in [0.717, 1.165) is 19.5 Å². The average Bonchev–Trinajstić information content (AvgIpc) is 3.29. The summed E-state index contributed by atoms with van der Waals surface area (Å²) in [7, 11) is 0. The molecule has 1 aliphatic heterocycles. The number of aromatic nitrogens is 1. The van der Waals surface area contributed by atoms with E-state index < -0.39 is 0 Å². The molecule has 1 unspecified atom stereocenters. The maximum Gasteiger partial charge on any atom is 0.254 e. The Kier molecular flexibility index (Phi) is 11.8. The summed E-state index contributed by atoms with van der Waals surface area (Å²) in [4.78, 5) is 46.5. The maximum absolute atomic E-state index is 13.1. The number of benzene rings is 1. The molecule has 3 amide bonds. The fraction of sp³-hybridized carbons (Fsp3) is 0.556. The second-order valence-electron chi connectivity index (χ2n) is 10.2. The van der Waals surface area contributed by atoms with Crippen LogP contribution in [0.25, 0.3) is 0 Å². The van der Waals surface area contributed by atoms with E-state index in [1.54, 1.807) is 17.5 Å². The van der Waals surface area contributed by atoms with Gasteiger partial charge in [-0.15, -0.1) is 11.3 Å². The van der Waals surface area contributed by atoms with Crippen LogP contribution in [0, 0.1) is 5.92 Å². The van der Waals surface area contributed by atoms with E-state index in [4.69, 9.17) is 23.2 Å². The summed E-state index contributed by atoms with van der Waals surface area (Å²) in [6.07, 6.45) is 4.88. The van der Waals surface area contributed by atoms with Crippen LogP contribution in [0.4, 0.5) is 5.13 Å². The lowest BCUT2D eigenvalue weighted by molar-refractivity contribution is -0.120. The van der Waals surface area contributed by atoms with Gasteiger partial charge in [0.25, 0.3) is 5.91 Å². The highest BCUT2D eigenvalue weighted by Crippen LogP contribution is 2.24. The van der Waals surface area contributed by atoms with E-state index in [1.165, 1.54) is 41.6 Å². The van der Waals surface area contributed by atoms with Crippen molar-refractivity contribution in [1.82, 2.24) is 20.1 Å². The van der Waals surface area contributed by atoms with Crippen molar-refractivity contribution in [2.75, 3.05) is 38.0 Å². The van der Waals surface area contributed by atoms with Crippen molar-refractivity contribution in [1.29, 1.82) is 0 Å². The Morgan fingerprint density at radius 2 is 1.97 bits per heavy atom. The monoisotopic (exact) mass is 581 g/mol. The molecule has 1 atom stereocenters. The van der Waals surface area contributed by atoms with Crippen molar-refractivity contribution < 1.29 is 14.4 Å². The van der Waals surface area contributed by atoms with Gasteiger partial charge in [0.1, 0.15) is 6.54 Å². The summed E-state index contributed by atoms with van der Waals surface area (Å²) in [5.41, 5.74) is 0.958. The molecule has 2 heterocycles. The molecule has 3 rings (SSSR count). The number of nitrogens with zero attached hydrogens (tertiary/aromatic N) is 3. The van der Waals surface area contributed by atoms with Crippen LogP contribution in [0.1, 0.15) is 62.5 Å². The zero-order chi connectivity index (χ0) is 27.7. The third-order valence-corrected chi connectivity index (χ3v) is 7.94. The number of halogens is 2. The highest BCUT2D eigenvalue weighted by molar-refractivity contribution is 7.13. The molecule has 0 saturated carbocycles. The first kappa shape index (κ1) is 30.3. The smallest absolute Gasteiger partial charge is 0.254 e. The molecule has 0 bridgehead atoms. The minimum absolute atomic E-state index is 0.0878. The number of hydrogen-bond acceptors (Lipinski definition) is 6. The number of anilines is 1. The van der Waals surface area contributed by atoms with Gasteiger partial charge in [-0.25, -0.2) is 4.98 Å². The minimum atomic E-state index is -0.364. The van der Waals surface area contributed by atoms with Gasteiger partial charge >= 0.3 is 0 Å². The maximum atomic E-state index is 13.1. The van der Waals surface area contributed by atoms with Crippen LogP contribution in [0.3, 0.4) is 0 Å². The highest BCUT2D eigenvalue weighted by Gasteiger charge is 2.22. The minimum Gasteiger partial charge on any atom is -0.356 e. The van der Waals surface area contributed by atoms with E-state index in [0.29, 0.717) is 40.5 Å². The molecule has 1 aromatic heterocycles. The molecular formula is C27H37Cl2N5O3S. The SMILES string of the molecule is CC(C)CN(CC(=O)Nc1nc(CC(=O)NCCCN2CCCCC2C)cs1)C(=O)c1ccc(Cl)c(Cl)c1. The fourth-order valence-corrected chi connectivity index (χ4v) is 5.50. The van der Waals surface area contributed by atoms with Gasteiger partial charge in [0.15, 0.2) is 5.13 Å². The summed E-state index contributed by atoms with van der Waals surface area (Å²) in [5, 5.41) is 8.51. The normalized spacial score (nSPS) is 15.9. The third-order valence-electron chi connectivity index (χ3n) is 6.40. The van der Waals surface area contributed by atoms with E-state index in [1.807, 2.05) is 13.8 Å². The predicted molar refractivity (Wildman–Crippen MR) is 154 cm³/mol. The molecule has 1 aliphatic rings. The summed E-state index contributed by atoms with van der Waals surface area (Å²) >= 11 is 13.3. The first-order valence-electron chi connectivity index (χ1n) is 13.1. The number of thiazole rings is 1. The van der Waals surface area contributed by atoms with Gasteiger partial charge in [-0.3, -0.25) is 14.4 Å². The third kappa shape index (κ3) is 9.52. The molecule has 11 heteroatoms. The Bertz CT molecular complexity index is 1110. The molecule has 208 valence electrons. The number of amides is 3. The molecule has 1 fully saturated rings. The van der Waals surface area contributed by atoms with E-state index >= 15 is 0 Å². The van der Waals surface area contributed by atoms with E-state index in [2.05, 4.69) is 27.4 Å². The lowest BCUT2D eigenvalue weighted by Crippen LogP contribution is -2.40.